The maximum atomic E-state index is 10.7. The Bertz CT molecular complexity index is 312. The van der Waals surface area contributed by atoms with Gasteiger partial charge in [0, 0.05) is 0 Å². The van der Waals surface area contributed by atoms with Crippen molar-refractivity contribution in [1.82, 2.24) is 15.2 Å². The highest BCUT2D eigenvalue weighted by Crippen LogP contribution is 2.07. The lowest BCUT2D eigenvalue weighted by atomic mass is 10.1. The van der Waals surface area contributed by atoms with Gasteiger partial charge in [0.25, 0.3) is 0 Å². The van der Waals surface area contributed by atoms with Crippen LogP contribution >= 0.6 is 0 Å². The van der Waals surface area contributed by atoms with Crippen molar-refractivity contribution in [3.63, 3.8) is 0 Å². The van der Waals surface area contributed by atoms with Crippen LogP contribution in [0.1, 0.15) is 30.0 Å². The number of hydrogen-bond donors (Lipinski definition) is 1. The number of nitrogens with zero attached hydrogens (tertiary/aromatic N) is 3. The van der Waals surface area contributed by atoms with Crippen molar-refractivity contribution in [2.45, 2.75) is 20.3 Å². The third kappa shape index (κ3) is 2.47. The zero-order valence-corrected chi connectivity index (χ0v) is 7.56. The molecule has 5 nitrogen and oxygen atoms in total. The second-order valence-electron chi connectivity index (χ2n) is 3.16. The van der Waals surface area contributed by atoms with Crippen molar-refractivity contribution in [2.24, 2.45) is 5.92 Å². The van der Waals surface area contributed by atoms with E-state index in [4.69, 9.17) is 5.11 Å². The zero-order chi connectivity index (χ0) is 9.84. The van der Waals surface area contributed by atoms with Crippen LogP contribution in [0.3, 0.4) is 0 Å². The number of rotatable bonds is 3. The highest BCUT2D eigenvalue weighted by Gasteiger charge is 2.13. The number of aromatic nitrogens is 3. The Morgan fingerprint density at radius 3 is 2.85 bits per heavy atom. The molecule has 0 spiro atoms. The number of carboxylic acid groups (broad SMARTS) is 1. The molecule has 5 heteroatoms. The molecule has 0 bridgehead atoms. The Morgan fingerprint density at radius 2 is 2.31 bits per heavy atom. The van der Waals surface area contributed by atoms with E-state index >= 15 is 0 Å². The smallest absolute Gasteiger partial charge is 0.356 e. The van der Waals surface area contributed by atoms with Crippen molar-refractivity contribution < 1.29 is 9.90 Å². The van der Waals surface area contributed by atoms with Crippen LogP contribution in [-0.2, 0) is 6.42 Å². The van der Waals surface area contributed by atoms with E-state index in [0.717, 1.165) is 6.33 Å². The summed E-state index contributed by atoms with van der Waals surface area (Å²) in [4.78, 5) is 14.3. The minimum Gasteiger partial charge on any atom is -0.476 e. The lowest BCUT2D eigenvalue weighted by Gasteiger charge is -2.04. The van der Waals surface area contributed by atoms with E-state index in [2.05, 4.69) is 15.2 Å². The highest BCUT2D eigenvalue weighted by atomic mass is 16.4. The fraction of sp³-hybridized carbons (Fsp3) is 0.500. The molecule has 0 unspecified atom stereocenters. The first kappa shape index (κ1) is 9.57. The molecule has 0 fully saturated rings. The van der Waals surface area contributed by atoms with Crippen molar-refractivity contribution in [3.8, 4) is 0 Å². The molecule has 1 aromatic heterocycles. The summed E-state index contributed by atoms with van der Waals surface area (Å²) in [7, 11) is 0. The van der Waals surface area contributed by atoms with Crippen molar-refractivity contribution in [2.75, 3.05) is 0 Å². The predicted octanol–water partition coefficient (Wildman–Crippen LogP) is 0.768. The van der Waals surface area contributed by atoms with Crippen molar-refractivity contribution in [1.29, 1.82) is 0 Å². The van der Waals surface area contributed by atoms with Gasteiger partial charge in [0.1, 0.15) is 6.33 Å². The minimum atomic E-state index is -1.05. The SMILES string of the molecule is CC(C)Cc1nncnc1C(=O)O. The first-order valence-corrected chi connectivity index (χ1v) is 4.01. The molecule has 0 aliphatic heterocycles. The Kier molecular flexibility index (Phi) is 2.89. The van der Waals surface area contributed by atoms with Crippen LogP contribution in [0.5, 0.6) is 0 Å². The van der Waals surface area contributed by atoms with Gasteiger partial charge in [-0.25, -0.2) is 9.78 Å². The summed E-state index contributed by atoms with van der Waals surface area (Å²) >= 11 is 0. The number of aromatic carboxylic acids is 1. The van der Waals surface area contributed by atoms with E-state index in [0.29, 0.717) is 18.0 Å². The second kappa shape index (κ2) is 3.93. The third-order valence-electron chi connectivity index (χ3n) is 1.49. The van der Waals surface area contributed by atoms with Gasteiger partial charge in [0.2, 0.25) is 0 Å². The first-order chi connectivity index (χ1) is 6.11. The Hall–Kier alpha value is -1.52. The lowest BCUT2D eigenvalue weighted by Crippen LogP contribution is -2.11. The first-order valence-electron chi connectivity index (χ1n) is 4.01. The van der Waals surface area contributed by atoms with Crippen LogP contribution in [0.2, 0.25) is 0 Å². The van der Waals surface area contributed by atoms with Gasteiger partial charge in [0.05, 0.1) is 5.69 Å². The average Bonchev–Trinajstić information content (AvgIpc) is 2.03. The molecule has 70 valence electrons. The number of carbonyl (C=O) groups is 1. The highest BCUT2D eigenvalue weighted by molar-refractivity contribution is 5.86. The molecule has 0 aliphatic carbocycles. The van der Waals surface area contributed by atoms with Crippen LogP contribution in [0, 0.1) is 5.92 Å². The van der Waals surface area contributed by atoms with Gasteiger partial charge in [-0.1, -0.05) is 13.8 Å². The molecule has 0 aliphatic rings. The molecule has 1 rings (SSSR count). The lowest BCUT2D eigenvalue weighted by molar-refractivity contribution is 0.0688. The topological polar surface area (TPSA) is 76.0 Å². The van der Waals surface area contributed by atoms with Gasteiger partial charge < -0.3 is 5.11 Å². The van der Waals surface area contributed by atoms with Crippen molar-refractivity contribution in [3.05, 3.63) is 17.7 Å². The average molecular weight is 181 g/mol. The van der Waals surface area contributed by atoms with E-state index in [9.17, 15) is 4.79 Å². The monoisotopic (exact) mass is 181 g/mol. The Balaban J connectivity index is 2.98. The summed E-state index contributed by atoms with van der Waals surface area (Å²) in [6.07, 6.45) is 1.73. The molecule has 1 heterocycles. The maximum absolute atomic E-state index is 10.7. The summed E-state index contributed by atoms with van der Waals surface area (Å²) in [6.45, 7) is 3.97. The van der Waals surface area contributed by atoms with Gasteiger partial charge >= 0.3 is 5.97 Å². The molecule has 0 saturated carbocycles. The van der Waals surface area contributed by atoms with Gasteiger partial charge in [-0.2, -0.15) is 5.10 Å². The van der Waals surface area contributed by atoms with Crippen molar-refractivity contribution >= 4 is 5.97 Å². The Morgan fingerprint density at radius 1 is 1.62 bits per heavy atom. The van der Waals surface area contributed by atoms with E-state index in [1.54, 1.807) is 0 Å². The summed E-state index contributed by atoms with van der Waals surface area (Å²) < 4.78 is 0. The molecule has 0 aromatic carbocycles. The predicted molar refractivity (Wildman–Crippen MR) is 45.3 cm³/mol. The number of carboxylic acids is 1. The van der Waals surface area contributed by atoms with Crippen LogP contribution in [0.4, 0.5) is 0 Å². The largest absolute Gasteiger partial charge is 0.476 e. The molecular formula is C8H11N3O2. The summed E-state index contributed by atoms with van der Waals surface area (Å²) in [5.74, 6) is -0.706. The van der Waals surface area contributed by atoms with Gasteiger partial charge in [-0.3, -0.25) is 0 Å². The molecule has 0 amide bonds. The van der Waals surface area contributed by atoms with E-state index in [-0.39, 0.29) is 5.69 Å². The normalized spacial score (nSPS) is 10.4. The fourth-order valence-corrected chi connectivity index (χ4v) is 1.00. The van der Waals surface area contributed by atoms with Crippen LogP contribution in [-0.4, -0.2) is 26.3 Å². The number of hydrogen-bond acceptors (Lipinski definition) is 4. The van der Waals surface area contributed by atoms with Gasteiger partial charge in [-0.05, 0) is 12.3 Å². The van der Waals surface area contributed by atoms with Crippen LogP contribution in [0.15, 0.2) is 6.33 Å². The molecule has 0 radical (unpaired) electrons. The second-order valence-corrected chi connectivity index (χ2v) is 3.16. The molecule has 0 atom stereocenters. The summed E-state index contributed by atoms with van der Waals surface area (Å²) in [5, 5.41) is 16.1. The quantitative estimate of drug-likeness (QED) is 0.745. The van der Waals surface area contributed by atoms with Gasteiger partial charge in [-0.15, -0.1) is 5.10 Å². The standard InChI is InChI=1S/C8H11N3O2/c1-5(2)3-6-7(8(12)13)9-4-10-11-6/h4-5H,3H2,1-2H3,(H,12,13). The van der Waals surface area contributed by atoms with Crippen LogP contribution in [0.25, 0.3) is 0 Å². The maximum Gasteiger partial charge on any atom is 0.356 e. The Labute approximate surface area is 75.8 Å². The summed E-state index contributed by atoms with van der Waals surface area (Å²) in [5.41, 5.74) is 0.453. The third-order valence-corrected chi connectivity index (χ3v) is 1.49. The van der Waals surface area contributed by atoms with E-state index in [1.807, 2.05) is 13.8 Å². The molecule has 0 saturated heterocycles. The minimum absolute atomic E-state index is 0.00343. The van der Waals surface area contributed by atoms with E-state index < -0.39 is 5.97 Å². The zero-order valence-electron chi connectivity index (χ0n) is 7.56. The van der Waals surface area contributed by atoms with E-state index in [1.165, 1.54) is 0 Å². The molecule has 1 N–H and O–H groups in total. The molecular weight excluding hydrogens is 170 g/mol. The summed E-state index contributed by atoms with van der Waals surface area (Å²) in [6, 6.07) is 0. The molecule has 1 aromatic rings. The van der Waals surface area contributed by atoms with Gasteiger partial charge in [0.15, 0.2) is 5.69 Å². The van der Waals surface area contributed by atoms with Crippen LogP contribution < -0.4 is 0 Å². The molecule has 13 heavy (non-hydrogen) atoms. The fourth-order valence-electron chi connectivity index (χ4n) is 1.00.